The first kappa shape index (κ1) is 13.5. The second-order valence-electron chi connectivity index (χ2n) is 4.46. The second-order valence-corrected chi connectivity index (χ2v) is 4.86. The average Bonchev–Trinajstić information content (AvgIpc) is 2.51. The summed E-state index contributed by atoms with van der Waals surface area (Å²) >= 11 is 6.08. The molecule has 0 aliphatic heterocycles. The van der Waals surface area contributed by atoms with Gasteiger partial charge in [-0.3, -0.25) is 9.78 Å². The Kier molecular flexibility index (Phi) is 3.54. The number of anilines is 1. The zero-order valence-corrected chi connectivity index (χ0v) is 11.6. The number of nitrogens with zero attached hydrogens (tertiary/aromatic N) is 1. The number of rotatable bonds is 2. The van der Waals surface area contributed by atoms with Gasteiger partial charge >= 0.3 is 0 Å². The van der Waals surface area contributed by atoms with Gasteiger partial charge in [-0.15, -0.1) is 0 Å². The number of hydrogen-bond acceptors (Lipinski definition) is 2. The molecule has 0 saturated heterocycles. The summed E-state index contributed by atoms with van der Waals surface area (Å²) in [5.41, 5.74) is 1.61. The number of hydrogen-bond donors (Lipinski definition) is 1. The first-order valence-corrected chi connectivity index (χ1v) is 6.63. The monoisotopic (exact) mass is 300 g/mol. The predicted molar refractivity (Wildman–Crippen MR) is 81.1 cm³/mol. The van der Waals surface area contributed by atoms with E-state index >= 15 is 0 Å². The second kappa shape index (κ2) is 5.50. The summed E-state index contributed by atoms with van der Waals surface area (Å²) < 4.78 is 12.9. The SMILES string of the molecule is O=C(Nc1ccc(Cl)c2ncccc12)c1ccc(F)cc1. The number of benzene rings is 2. The van der Waals surface area contributed by atoms with Gasteiger partial charge in [-0.2, -0.15) is 0 Å². The molecule has 2 aromatic carbocycles. The minimum atomic E-state index is -0.382. The van der Waals surface area contributed by atoms with Gasteiger partial charge in [0.15, 0.2) is 0 Å². The molecule has 1 aromatic heterocycles. The fourth-order valence-electron chi connectivity index (χ4n) is 2.04. The van der Waals surface area contributed by atoms with Crippen LogP contribution in [0.1, 0.15) is 10.4 Å². The summed E-state index contributed by atoms with van der Waals surface area (Å²) in [4.78, 5) is 16.4. The minimum absolute atomic E-state index is 0.317. The molecule has 0 radical (unpaired) electrons. The van der Waals surface area contributed by atoms with Crippen LogP contribution in [-0.4, -0.2) is 10.9 Å². The van der Waals surface area contributed by atoms with E-state index in [-0.39, 0.29) is 11.7 Å². The highest BCUT2D eigenvalue weighted by Crippen LogP contribution is 2.28. The lowest BCUT2D eigenvalue weighted by Crippen LogP contribution is -2.12. The number of halogens is 2. The van der Waals surface area contributed by atoms with Crippen LogP contribution in [0.5, 0.6) is 0 Å². The number of nitrogens with one attached hydrogen (secondary N) is 1. The van der Waals surface area contributed by atoms with E-state index in [0.29, 0.717) is 21.8 Å². The summed E-state index contributed by atoms with van der Waals surface area (Å²) in [6.45, 7) is 0. The van der Waals surface area contributed by atoms with Crippen molar-refractivity contribution >= 4 is 34.1 Å². The van der Waals surface area contributed by atoms with Gasteiger partial charge in [0.1, 0.15) is 5.82 Å². The van der Waals surface area contributed by atoms with E-state index in [1.807, 2.05) is 6.07 Å². The Bertz CT molecular complexity index is 818. The predicted octanol–water partition coefficient (Wildman–Crippen LogP) is 4.28. The standard InChI is InChI=1S/C16H10ClFN2O/c17-13-7-8-14(12-2-1-9-19-15(12)13)20-16(21)10-3-5-11(18)6-4-10/h1-9H,(H,20,21). The summed E-state index contributed by atoms with van der Waals surface area (Å²) in [6, 6.07) is 12.3. The lowest BCUT2D eigenvalue weighted by atomic mass is 10.1. The van der Waals surface area contributed by atoms with E-state index in [1.54, 1.807) is 24.4 Å². The van der Waals surface area contributed by atoms with Crippen molar-refractivity contribution in [2.75, 3.05) is 5.32 Å². The van der Waals surface area contributed by atoms with Crippen molar-refractivity contribution in [3.8, 4) is 0 Å². The molecule has 0 spiro atoms. The lowest BCUT2D eigenvalue weighted by molar-refractivity contribution is 0.102. The molecule has 5 heteroatoms. The fourth-order valence-corrected chi connectivity index (χ4v) is 2.26. The molecule has 21 heavy (non-hydrogen) atoms. The molecular weight excluding hydrogens is 291 g/mol. The topological polar surface area (TPSA) is 42.0 Å². The molecular formula is C16H10ClFN2O. The van der Waals surface area contributed by atoms with Crippen molar-refractivity contribution in [3.63, 3.8) is 0 Å². The number of carbonyl (C=O) groups is 1. The third-order valence-electron chi connectivity index (χ3n) is 3.08. The molecule has 3 aromatic rings. The van der Waals surface area contributed by atoms with Crippen LogP contribution in [0.2, 0.25) is 5.02 Å². The van der Waals surface area contributed by atoms with Crippen LogP contribution in [0.25, 0.3) is 10.9 Å². The Morgan fingerprint density at radius 3 is 2.62 bits per heavy atom. The van der Waals surface area contributed by atoms with Crippen molar-refractivity contribution in [1.82, 2.24) is 4.98 Å². The van der Waals surface area contributed by atoms with E-state index in [9.17, 15) is 9.18 Å². The number of aromatic nitrogens is 1. The Morgan fingerprint density at radius 1 is 1.10 bits per heavy atom. The Morgan fingerprint density at radius 2 is 1.86 bits per heavy atom. The van der Waals surface area contributed by atoms with Gasteiger partial charge in [-0.25, -0.2) is 4.39 Å². The molecule has 1 heterocycles. The third-order valence-corrected chi connectivity index (χ3v) is 3.38. The van der Waals surface area contributed by atoms with Crippen molar-refractivity contribution in [2.24, 2.45) is 0 Å². The van der Waals surface area contributed by atoms with Gasteiger partial charge < -0.3 is 5.32 Å². The zero-order chi connectivity index (χ0) is 14.8. The molecule has 3 rings (SSSR count). The molecule has 0 fully saturated rings. The maximum Gasteiger partial charge on any atom is 0.255 e. The van der Waals surface area contributed by atoms with Gasteiger partial charge in [-0.1, -0.05) is 11.6 Å². The molecule has 0 atom stereocenters. The van der Waals surface area contributed by atoms with Crippen LogP contribution in [0.15, 0.2) is 54.7 Å². The van der Waals surface area contributed by atoms with Crippen molar-refractivity contribution in [3.05, 3.63) is 71.1 Å². The van der Waals surface area contributed by atoms with Crippen molar-refractivity contribution < 1.29 is 9.18 Å². The zero-order valence-electron chi connectivity index (χ0n) is 10.8. The molecule has 1 N–H and O–H groups in total. The molecule has 0 unspecified atom stereocenters. The van der Waals surface area contributed by atoms with Crippen LogP contribution in [0, 0.1) is 5.82 Å². The smallest absolute Gasteiger partial charge is 0.255 e. The number of amides is 1. The quantitative estimate of drug-likeness (QED) is 0.767. The van der Waals surface area contributed by atoms with E-state index in [1.165, 1.54) is 24.3 Å². The Hall–Kier alpha value is -2.46. The molecule has 0 saturated carbocycles. The maximum absolute atomic E-state index is 12.9. The largest absolute Gasteiger partial charge is 0.321 e. The molecule has 3 nitrogen and oxygen atoms in total. The van der Waals surface area contributed by atoms with Crippen molar-refractivity contribution in [1.29, 1.82) is 0 Å². The van der Waals surface area contributed by atoms with E-state index in [4.69, 9.17) is 11.6 Å². The lowest BCUT2D eigenvalue weighted by Gasteiger charge is -2.09. The minimum Gasteiger partial charge on any atom is -0.321 e. The molecule has 1 amide bonds. The van der Waals surface area contributed by atoms with Gasteiger partial charge in [0.25, 0.3) is 5.91 Å². The average molecular weight is 301 g/mol. The summed E-state index contributed by atoms with van der Waals surface area (Å²) in [5, 5.41) is 4.06. The highest BCUT2D eigenvalue weighted by molar-refractivity contribution is 6.35. The highest BCUT2D eigenvalue weighted by Gasteiger charge is 2.10. The van der Waals surface area contributed by atoms with Crippen LogP contribution in [0.4, 0.5) is 10.1 Å². The molecule has 0 aliphatic rings. The Balaban J connectivity index is 1.97. The maximum atomic E-state index is 12.9. The van der Waals surface area contributed by atoms with E-state index < -0.39 is 0 Å². The number of carbonyl (C=O) groups excluding carboxylic acids is 1. The fraction of sp³-hybridized carbons (Fsp3) is 0. The van der Waals surface area contributed by atoms with Gasteiger partial charge in [-0.05, 0) is 48.5 Å². The molecule has 0 aliphatic carbocycles. The van der Waals surface area contributed by atoms with E-state index in [2.05, 4.69) is 10.3 Å². The van der Waals surface area contributed by atoms with Gasteiger partial charge in [0, 0.05) is 17.1 Å². The molecule has 104 valence electrons. The van der Waals surface area contributed by atoms with Crippen LogP contribution >= 0.6 is 11.6 Å². The summed E-state index contributed by atoms with van der Waals surface area (Å²) in [6.07, 6.45) is 1.64. The van der Waals surface area contributed by atoms with Gasteiger partial charge in [0.2, 0.25) is 0 Å². The number of fused-ring (bicyclic) bond motifs is 1. The molecule has 0 bridgehead atoms. The number of pyridine rings is 1. The summed E-state index contributed by atoms with van der Waals surface area (Å²) in [7, 11) is 0. The van der Waals surface area contributed by atoms with E-state index in [0.717, 1.165) is 5.39 Å². The normalized spacial score (nSPS) is 10.6. The van der Waals surface area contributed by atoms with Gasteiger partial charge in [0.05, 0.1) is 16.2 Å². The van der Waals surface area contributed by atoms with Crippen molar-refractivity contribution in [2.45, 2.75) is 0 Å². The first-order chi connectivity index (χ1) is 10.1. The van der Waals surface area contributed by atoms with Crippen LogP contribution < -0.4 is 5.32 Å². The highest BCUT2D eigenvalue weighted by atomic mass is 35.5. The Labute approximate surface area is 125 Å². The summed E-state index contributed by atoms with van der Waals surface area (Å²) in [5.74, 6) is -0.699. The first-order valence-electron chi connectivity index (χ1n) is 6.25. The third kappa shape index (κ3) is 2.71. The van der Waals surface area contributed by atoms with Crippen LogP contribution in [-0.2, 0) is 0 Å². The van der Waals surface area contributed by atoms with Crippen LogP contribution in [0.3, 0.4) is 0 Å².